The Morgan fingerprint density at radius 3 is 1.97 bits per heavy atom. The summed E-state index contributed by atoms with van der Waals surface area (Å²) in [5.41, 5.74) is 3.86. The molecule has 2 rings (SSSR count). The van der Waals surface area contributed by atoms with Crippen molar-refractivity contribution < 1.29 is 19.5 Å². The number of amides is 2. The van der Waals surface area contributed by atoms with Crippen molar-refractivity contribution in [2.45, 2.75) is 52.1 Å². The van der Waals surface area contributed by atoms with Crippen molar-refractivity contribution in [2.24, 2.45) is 0 Å². The molecule has 0 aromatic heterocycles. The molecule has 0 unspecified atom stereocenters. The van der Waals surface area contributed by atoms with Crippen molar-refractivity contribution in [3.63, 3.8) is 0 Å². The summed E-state index contributed by atoms with van der Waals surface area (Å²) in [7, 11) is 0. The lowest BCUT2D eigenvalue weighted by molar-refractivity contribution is -0.141. The zero-order valence-corrected chi connectivity index (χ0v) is 17.1. The summed E-state index contributed by atoms with van der Waals surface area (Å²) in [5, 5.41) is 14.9. The smallest absolute Gasteiger partial charge is 0.326 e. The molecule has 0 saturated heterocycles. The standard InChI is InChI=1S/C23H28N2O4/c1-15-8-7-9-16(2)19(15)14-20(23(28)29)25-22(27)13-12-21(26)24-17(3)18-10-5-4-6-11-18/h4-11,17,20H,12-14H2,1-3H3,(H,24,26)(H,25,27)(H,28,29)/t17-,20-/m1/s1. The lowest BCUT2D eigenvalue weighted by atomic mass is 9.96. The van der Waals surface area contributed by atoms with Crippen molar-refractivity contribution >= 4 is 17.8 Å². The molecule has 2 amide bonds. The minimum atomic E-state index is -1.09. The molecule has 6 nitrogen and oxygen atoms in total. The van der Waals surface area contributed by atoms with Gasteiger partial charge in [-0.25, -0.2) is 4.79 Å². The summed E-state index contributed by atoms with van der Waals surface area (Å²) >= 11 is 0. The fraction of sp³-hybridized carbons (Fsp3) is 0.348. The van der Waals surface area contributed by atoms with Crippen molar-refractivity contribution in [1.29, 1.82) is 0 Å². The van der Waals surface area contributed by atoms with Crippen LogP contribution in [0.4, 0.5) is 0 Å². The summed E-state index contributed by atoms with van der Waals surface area (Å²) < 4.78 is 0. The maximum absolute atomic E-state index is 12.2. The summed E-state index contributed by atoms with van der Waals surface area (Å²) in [4.78, 5) is 36.0. The molecular formula is C23H28N2O4. The van der Waals surface area contributed by atoms with E-state index in [1.165, 1.54) is 0 Å². The molecule has 154 valence electrons. The minimum Gasteiger partial charge on any atom is -0.480 e. The Morgan fingerprint density at radius 1 is 0.862 bits per heavy atom. The Morgan fingerprint density at radius 2 is 1.41 bits per heavy atom. The second kappa shape index (κ2) is 10.4. The molecule has 29 heavy (non-hydrogen) atoms. The number of carbonyl (C=O) groups excluding carboxylic acids is 2. The van der Waals surface area contributed by atoms with Crippen LogP contribution in [0.5, 0.6) is 0 Å². The third-order valence-corrected chi connectivity index (χ3v) is 4.94. The molecule has 0 heterocycles. The van der Waals surface area contributed by atoms with Gasteiger partial charge < -0.3 is 15.7 Å². The van der Waals surface area contributed by atoms with Gasteiger partial charge >= 0.3 is 5.97 Å². The normalized spacial score (nSPS) is 12.7. The van der Waals surface area contributed by atoms with Crippen LogP contribution in [0.3, 0.4) is 0 Å². The van der Waals surface area contributed by atoms with E-state index in [2.05, 4.69) is 10.6 Å². The molecular weight excluding hydrogens is 368 g/mol. The maximum Gasteiger partial charge on any atom is 0.326 e. The second-order valence-corrected chi connectivity index (χ2v) is 7.23. The first-order chi connectivity index (χ1) is 13.8. The van der Waals surface area contributed by atoms with Gasteiger partial charge in [-0.15, -0.1) is 0 Å². The predicted octanol–water partition coefficient (Wildman–Crippen LogP) is 3.07. The first kappa shape index (κ1) is 22.1. The molecule has 2 aromatic carbocycles. The quantitative estimate of drug-likeness (QED) is 0.607. The van der Waals surface area contributed by atoms with E-state index in [1.54, 1.807) is 0 Å². The maximum atomic E-state index is 12.2. The van der Waals surface area contributed by atoms with E-state index in [-0.39, 0.29) is 31.2 Å². The Balaban J connectivity index is 1.87. The van der Waals surface area contributed by atoms with Crippen molar-refractivity contribution in [2.75, 3.05) is 0 Å². The van der Waals surface area contributed by atoms with Gasteiger partial charge in [-0.05, 0) is 43.0 Å². The van der Waals surface area contributed by atoms with Gasteiger partial charge in [-0.2, -0.15) is 0 Å². The van der Waals surface area contributed by atoms with Crippen LogP contribution >= 0.6 is 0 Å². The molecule has 0 aliphatic carbocycles. The monoisotopic (exact) mass is 396 g/mol. The van der Waals surface area contributed by atoms with Gasteiger partial charge in [0.25, 0.3) is 0 Å². The van der Waals surface area contributed by atoms with Crippen molar-refractivity contribution in [3.8, 4) is 0 Å². The van der Waals surface area contributed by atoms with Gasteiger partial charge in [-0.1, -0.05) is 48.5 Å². The minimum absolute atomic E-state index is 0.00125. The Labute approximate surface area is 171 Å². The molecule has 0 aliphatic rings. The second-order valence-electron chi connectivity index (χ2n) is 7.23. The zero-order valence-electron chi connectivity index (χ0n) is 17.1. The molecule has 6 heteroatoms. The van der Waals surface area contributed by atoms with E-state index in [4.69, 9.17) is 0 Å². The molecule has 0 bridgehead atoms. The van der Waals surface area contributed by atoms with E-state index < -0.39 is 17.9 Å². The number of hydrogen-bond acceptors (Lipinski definition) is 3. The van der Waals surface area contributed by atoms with Crippen molar-refractivity contribution in [1.82, 2.24) is 10.6 Å². The Kier molecular flexibility index (Phi) is 7.95. The highest BCUT2D eigenvalue weighted by molar-refractivity contribution is 5.87. The van der Waals surface area contributed by atoms with Gasteiger partial charge in [0.1, 0.15) is 6.04 Å². The highest BCUT2D eigenvalue weighted by Gasteiger charge is 2.22. The third kappa shape index (κ3) is 6.75. The molecule has 0 fully saturated rings. The van der Waals surface area contributed by atoms with Gasteiger partial charge in [0.05, 0.1) is 6.04 Å². The van der Waals surface area contributed by atoms with Crippen molar-refractivity contribution in [3.05, 3.63) is 70.8 Å². The molecule has 0 saturated carbocycles. The number of hydrogen-bond donors (Lipinski definition) is 3. The summed E-state index contributed by atoms with van der Waals surface area (Å²) in [6.07, 6.45) is 0.138. The average Bonchev–Trinajstić information content (AvgIpc) is 2.69. The van der Waals surface area contributed by atoms with E-state index in [0.29, 0.717) is 0 Å². The summed E-state index contributed by atoms with van der Waals surface area (Å²) in [5.74, 6) is -1.80. The number of carboxylic acids is 1. The van der Waals surface area contributed by atoms with Gasteiger partial charge in [0.2, 0.25) is 11.8 Å². The fourth-order valence-electron chi connectivity index (χ4n) is 3.21. The number of rotatable bonds is 9. The SMILES string of the molecule is Cc1cccc(C)c1C[C@@H](NC(=O)CCC(=O)N[C@H](C)c1ccccc1)C(=O)O. The van der Waals surface area contributed by atoms with E-state index >= 15 is 0 Å². The lowest BCUT2D eigenvalue weighted by Crippen LogP contribution is -2.43. The van der Waals surface area contributed by atoms with Crippen LogP contribution in [0.25, 0.3) is 0 Å². The van der Waals surface area contributed by atoms with E-state index in [9.17, 15) is 19.5 Å². The number of nitrogens with one attached hydrogen (secondary N) is 2. The highest BCUT2D eigenvalue weighted by atomic mass is 16.4. The number of benzene rings is 2. The number of aryl methyl sites for hydroxylation is 2. The predicted molar refractivity (Wildman–Crippen MR) is 111 cm³/mol. The molecule has 2 atom stereocenters. The largest absolute Gasteiger partial charge is 0.480 e. The first-order valence-corrected chi connectivity index (χ1v) is 9.69. The Hall–Kier alpha value is -3.15. The summed E-state index contributed by atoms with van der Waals surface area (Å²) in [6.45, 7) is 5.71. The van der Waals surface area contributed by atoms with Crippen LogP contribution < -0.4 is 10.6 Å². The van der Waals surface area contributed by atoms with Gasteiger partial charge in [-0.3, -0.25) is 9.59 Å². The van der Waals surface area contributed by atoms with Crippen LogP contribution in [-0.4, -0.2) is 28.9 Å². The molecule has 0 aliphatic heterocycles. The zero-order chi connectivity index (χ0) is 21.4. The van der Waals surface area contributed by atoms with Gasteiger partial charge in [0.15, 0.2) is 0 Å². The topological polar surface area (TPSA) is 95.5 Å². The number of carbonyl (C=O) groups is 3. The fourth-order valence-corrected chi connectivity index (χ4v) is 3.21. The molecule has 0 spiro atoms. The Bertz CT molecular complexity index is 844. The molecule has 0 radical (unpaired) electrons. The van der Waals surface area contributed by atoms with Crippen LogP contribution in [0.15, 0.2) is 48.5 Å². The van der Waals surface area contributed by atoms with Gasteiger partial charge in [0, 0.05) is 19.3 Å². The number of carboxylic acid groups (broad SMARTS) is 1. The third-order valence-electron chi connectivity index (χ3n) is 4.94. The molecule has 2 aromatic rings. The first-order valence-electron chi connectivity index (χ1n) is 9.69. The van der Waals surface area contributed by atoms with Crippen LogP contribution in [0.2, 0.25) is 0 Å². The average molecular weight is 396 g/mol. The lowest BCUT2D eigenvalue weighted by Gasteiger charge is -2.18. The molecule has 3 N–H and O–H groups in total. The summed E-state index contributed by atoms with van der Waals surface area (Å²) in [6, 6.07) is 14.1. The number of aliphatic carboxylic acids is 1. The van der Waals surface area contributed by atoms with E-state index in [0.717, 1.165) is 22.3 Å². The van der Waals surface area contributed by atoms with Crippen LogP contribution in [0.1, 0.15) is 48.1 Å². The highest BCUT2D eigenvalue weighted by Crippen LogP contribution is 2.16. The van der Waals surface area contributed by atoms with Crippen LogP contribution in [0, 0.1) is 13.8 Å². The van der Waals surface area contributed by atoms with Crippen LogP contribution in [-0.2, 0) is 20.8 Å². The van der Waals surface area contributed by atoms with E-state index in [1.807, 2.05) is 69.3 Å².